The Labute approximate surface area is 135 Å². The minimum absolute atomic E-state index is 0.142. The minimum atomic E-state index is -0.142. The molecule has 0 bridgehead atoms. The molecule has 118 valence electrons. The lowest BCUT2D eigenvalue weighted by Gasteiger charge is -2.30. The van der Waals surface area contributed by atoms with Crippen molar-refractivity contribution in [3.8, 4) is 5.75 Å². The molecule has 0 unspecified atom stereocenters. The third-order valence-electron chi connectivity index (χ3n) is 3.84. The summed E-state index contributed by atoms with van der Waals surface area (Å²) in [5.74, 6) is 0.0617. The molecule has 0 saturated heterocycles. The number of benzene rings is 2. The first-order valence-corrected chi connectivity index (χ1v) is 7.66. The normalized spacial score (nSPS) is 13.8. The topological polar surface area (TPSA) is 64.9 Å². The largest absolute Gasteiger partial charge is 0.508 e. The van der Waals surface area contributed by atoms with E-state index in [-0.39, 0.29) is 11.7 Å². The van der Waals surface area contributed by atoms with Crippen LogP contribution in [-0.4, -0.2) is 30.3 Å². The number of hydrogen-bond acceptors (Lipinski definition) is 4. The summed E-state index contributed by atoms with van der Waals surface area (Å²) >= 11 is 0. The molecule has 0 atom stereocenters. The monoisotopic (exact) mass is 309 g/mol. The SMILES string of the molecule is O=C(CN1CCCc2ccccc21)N/N=C/c1ccc(O)cc1. The first-order chi connectivity index (χ1) is 11.2. The van der Waals surface area contributed by atoms with E-state index in [1.54, 1.807) is 30.5 Å². The van der Waals surface area contributed by atoms with Gasteiger partial charge in [0, 0.05) is 12.2 Å². The van der Waals surface area contributed by atoms with E-state index < -0.39 is 0 Å². The standard InChI is InChI=1S/C18H19N3O2/c22-16-9-7-14(8-10-16)12-19-20-18(23)13-21-11-3-5-15-4-1-2-6-17(15)21/h1-2,4,6-10,12,22H,3,5,11,13H2,(H,20,23)/b19-12+. The Morgan fingerprint density at radius 2 is 2.00 bits per heavy atom. The summed E-state index contributed by atoms with van der Waals surface area (Å²) in [4.78, 5) is 14.1. The average molecular weight is 309 g/mol. The van der Waals surface area contributed by atoms with Crippen LogP contribution in [0, 0.1) is 0 Å². The van der Waals surface area contributed by atoms with E-state index in [4.69, 9.17) is 0 Å². The molecule has 2 aromatic rings. The molecule has 0 radical (unpaired) electrons. The first-order valence-electron chi connectivity index (χ1n) is 7.66. The summed E-state index contributed by atoms with van der Waals surface area (Å²) < 4.78 is 0. The smallest absolute Gasteiger partial charge is 0.259 e. The number of fused-ring (bicyclic) bond motifs is 1. The van der Waals surface area contributed by atoms with E-state index >= 15 is 0 Å². The van der Waals surface area contributed by atoms with Crippen molar-refractivity contribution in [2.24, 2.45) is 5.10 Å². The Balaban J connectivity index is 1.57. The van der Waals surface area contributed by atoms with Crippen molar-refractivity contribution in [1.29, 1.82) is 0 Å². The lowest BCUT2D eigenvalue weighted by molar-refractivity contribution is -0.119. The number of hydrazone groups is 1. The van der Waals surface area contributed by atoms with Gasteiger partial charge in [0.15, 0.2) is 0 Å². The zero-order valence-electron chi connectivity index (χ0n) is 12.8. The van der Waals surface area contributed by atoms with Gasteiger partial charge in [-0.05, 0) is 54.3 Å². The van der Waals surface area contributed by atoms with Gasteiger partial charge < -0.3 is 10.0 Å². The summed E-state index contributed by atoms with van der Waals surface area (Å²) in [7, 11) is 0. The van der Waals surface area contributed by atoms with Gasteiger partial charge in [0.05, 0.1) is 12.8 Å². The molecule has 1 aliphatic heterocycles. The third-order valence-corrected chi connectivity index (χ3v) is 3.84. The second-order valence-electron chi connectivity index (χ2n) is 5.54. The fraction of sp³-hybridized carbons (Fsp3) is 0.222. The molecule has 1 amide bonds. The quantitative estimate of drug-likeness (QED) is 0.673. The van der Waals surface area contributed by atoms with E-state index in [0.29, 0.717) is 6.54 Å². The Morgan fingerprint density at radius 3 is 2.83 bits per heavy atom. The zero-order valence-corrected chi connectivity index (χ0v) is 12.8. The number of para-hydroxylation sites is 1. The number of rotatable bonds is 4. The maximum atomic E-state index is 12.1. The van der Waals surface area contributed by atoms with Crippen LogP contribution < -0.4 is 10.3 Å². The molecule has 1 heterocycles. The molecule has 0 fully saturated rings. The highest BCUT2D eigenvalue weighted by Gasteiger charge is 2.18. The summed E-state index contributed by atoms with van der Waals surface area (Å²) in [6.07, 6.45) is 3.68. The van der Waals surface area contributed by atoms with Gasteiger partial charge in [0.2, 0.25) is 0 Å². The number of nitrogens with one attached hydrogen (secondary N) is 1. The lowest BCUT2D eigenvalue weighted by Crippen LogP contribution is -2.38. The van der Waals surface area contributed by atoms with Crippen molar-refractivity contribution in [2.45, 2.75) is 12.8 Å². The highest BCUT2D eigenvalue weighted by molar-refractivity contribution is 5.85. The molecule has 2 N–H and O–H groups in total. The molecular formula is C18H19N3O2. The molecule has 23 heavy (non-hydrogen) atoms. The molecule has 0 aromatic heterocycles. The van der Waals surface area contributed by atoms with Crippen molar-refractivity contribution in [3.63, 3.8) is 0 Å². The maximum Gasteiger partial charge on any atom is 0.259 e. The summed E-state index contributed by atoms with van der Waals surface area (Å²) in [6, 6.07) is 14.8. The second-order valence-corrected chi connectivity index (χ2v) is 5.54. The molecular weight excluding hydrogens is 290 g/mol. The Hall–Kier alpha value is -2.82. The Bertz CT molecular complexity index is 710. The van der Waals surface area contributed by atoms with E-state index in [1.165, 1.54) is 5.56 Å². The summed E-state index contributed by atoms with van der Waals surface area (Å²) in [5, 5.41) is 13.2. The number of aryl methyl sites for hydroxylation is 1. The fourth-order valence-corrected chi connectivity index (χ4v) is 2.72. The van der Waals surface area contributed by atoms with E-state index in [0.717, 1.165) is 30.6 Å². The van der Waals surface area contributed by atoms with Gasteiger partial charge in [-0.1, -0.05) is 18.2 Å². The number of anilines is 1. The van der Waals surface area contributed by atoms with Crippen molar-refractivity contribution >= 4 is 17.8 Å². The van der Waals surface area contributed by atoms with Crippen molar-refractivity contribution in [1.82, 2.24) is 5.43 Å². The van der Waals surface area contributed by atoms with Gasteiger partial charge in [-0.2, -0.15) is 5.10 Å². The number of carbonyl (C=O) groups excluding carboxylic acids is 1. The van der Waals surface area contributed by atoms with Gasteiger partial charge in [-0.25, -0.2) is 5.43 Å². The number of phenolic OH excluding ortho intramolecular Hbond substituents is 1. The molecule has 5 heteroatoms. The predicted octanol–water partition coefficient (Wildman–Crippen LogP) is 2.30. The molecule has 0 aliphatic carbocycles. The van der Waals surface area contributed by atoms with Crippen LogP contribution in [0.3, 0.4) is 0 Å². The van der Waals surface area contributed by atoms with Crippen LogP contribution in [0.4, 0.5) is 5.69 Å². The van der Waals surface area contributed by atoms with Crippen LogP contribution in [0.25, 0.3) is 0 Å². The minimum Gasteiger partial charge on any atom is -0.508 e. The second kappa shape index (κ2) is 6.96. The zero-order chi connectivity index (χ0) is 16.1. The molecule has 2 aromatic carbocycles. The Kier molecular flexibility index (Phi) is 4.57. The van der Waals surface area contributed by atoms with E-state index in [2.05, 4.69) is 27.6 Å². The molecule has 1 aliphatic rings. The number of nitrogens with zero attached hydrogens (tertiary/aromatic N) is 2. The van der Waals surface area contributed by atoms with Crippen LogP contribution in [0.5, 0.6) is 5.75 Å². The van der Waals surface area contributed by atoms with Gasteiger partial charge >= 0.3 is 0 Å². The highest BCUT2D eigenvalue weighted by Crippen LogP contribution is 2.26. The average Bonchev–Trinajstić information content (AvgIpc) is 2.57. The summed E-state index contributed by atoms with van der Waals surface area (Å²) in [6.45, 7) is 1.18. The van der Waals surface area contributed by atoms with Crippen LogP contribution in [0.15, 0.2) is 53.6 Å². The number of aromatic hydroxyl groups is 1. The summed E-state index contributed by atoms with van der Waals surface area (Å²) in [5.41, 5.74) is 5.79. The number of amides is 1. The molecule has 0 saturated carbocycles. The predicted molar refractivity (Wildman–Crippen MR) is 90.8 cm³/mol. The molecule has 3 rings (SSSR count). The van der Waals surface area contributed by atoms with Crippen molar-refractivity contribution in [3.05, 3.63) is 59.7 Å². The van der Waals surface area contributed by atoms with E-state index in [9.17, 15) is 9.90 Å². The molecule has 5 nitrogen and oxygen atoms in total. The maximum absolute atomic E-state index is 12.1. The van der Waals surface area contributed by atoms with Crippen LogP contribution >= 0.6 is 0 Å². The first kappa shape index (κ1) is 15.1. The van der Waals surface area contributed by atoms with Crippen LogP contribution in [0.1, 0.15) is 17.5 Å². The molecule has 0 spiro atoms. The highest BCUT2D eigenvalue weighted by atomic mass is 16.3. The van der Waals surface area contributed by atoms with Crippen LogP contribution in [0.2, 0.25) is 0 Å². The Morgan fingerprint density at radius 1 is 1.22 bits per heavy atom. The third kappa shape index (κ3) is 3.88. The van der Waals surface area contributed by atoms with Crippen LogP contribution in [-0.2, 0) is 11.2 Å². The number of hydrogen-bond donors (Lipinski definition) is 2. The van der Waals surface area contributed by atoms with Crippen molar-refractivity contribution < 1.29 is 9.90 Å². The van der Waals surface area contributed by atoms with Gasteiger partial charge in [0.1, 0.15) is 5.75 Å². The van der Waals surface area contributed by atoms with E-state index in [1.807, 2.05) is 12.1 Å². The van der Waals surface area contributed by atoms with Gasteiger partial charge in [-0.15, -0.1) is 0 Å². The lowest BCUT2D eigenvalue weighted by atomic mass is 10.0. The van der Waals surface area contributed by atoms with Gasteiger partial charge in [-0.3, -0.25) is 4.79 Å². The van der Waals surface area contributed by atoms with Crippen molar-refractivity contribution in [2.75, 3.05) is 18.0 Å². The fourth-order valence-electron chi connectivity index (χ4n) is 2.72. The number of phenols is 1. The number of carbonyl (C=O) groups is 1. The van der Waals surface area contributed by atoms with Gasteiger partial charge in [0.25, 0.3) is 5.91 Å².